The molecule has 1 atom stereocenters. The van der Waals surface area contributed by atoms with Crippen LogP contribution in [0.15, 0.2) is 115 Å². The van der Waals surface area contributed by atoms with Gasteiger partial charge in [0, 0.05) is 35.4 Å². The minimum absolute atomic E-state index is 0.176. The first-order valence-corrected chi connectivity index (χ1v) is 12.2. The average molecular weight is 494 g/mol. The van der Waals surface area contributed by atoms with E-state index >= 15 is 0 Å². The van der Waals surface area contributed by atoms with E-state index in [0.717, 1.165) is 16.8 Å². The van der Waals surface area contributed by atoms with Crippen LogP contribution in [0.4, 0.5) is 5.69 Å². The first-order valence-electron chi connectivity index (χ1n) is 11.3. The number of anilines is 1. The molecule has 0 saturated heterocycles. The van der Waals surface area contributed by atoms with Gasteiger partial charge in [-0.2, -0.15) is 0 Å². The fourth-order valence-corrected chi connectivity index (χ4v) is 4.81. The Morgan fingerprint density at radius 3 is 2.42 bits per heavy atom. The number of ether oxygens (including phenoxy) is 1. The van der Waals surface area contributed by atoms with Crippen LogP contribution in [0.5, 0.6) is 5.75 Å². The van der Waals surface area contributed by atoms with E-state index < -0.39 is 5.25 Å². The highest BCUT2D eigenvalue weighted by molar-refractivity contribution is 8.00. The monoisotopic (exact) mass is 493 g/mol. The Kier molecular flexibility index (Phi) is 7.05. The van der Waals surface area contributed by atoms with E-state index in [9.17, 15) is 4.79 Å². The molecule has 0 saturated carbocycles. The predicted octanol–water partition coefficient (Wildman–Crippen LogP) is 5.81. The van der Waals surface area contributed by atoms with Crippen LogP contribution in [0.25, 0.3) is 17.1 Å². The number of aromatic nitrogens is 4. The topological polar surface area (TPSA) is 81.9 Å². The van der Waals surface area contributed by atoms with Crippen molar-refractivity contribution in [3.05, 3.63) is 115 Å². The summed E-state index contributed by atoms with van der Waals surface area (Å²) in [7, 11) is 1.60. The van der Waals surface area contributed by atoms with Gasteiger partial charge in [0.2, 0.25) is 5.91 Å². The van der Waals surface area contributed by atoms with Crippen LogP contribution in [0, 0.1) is 0 Å². The summed E-state index contributed by atoms with van der Waals surface area (Å²) in [6.07, 6.45) is 3.47. The third-order valence-electron chi connectivity index (χ3n) is 5.47. The van der Waals surface area contributed by atoms with Crippen molar-refractivity contribution in [3.8, 4) is 22.8 Å². The molecule has 5 aromatic rings. The van der Waals surface area contributed by atoms with Crippen molar-refractivity contribution in [2.24, 2.45) is 0 Å². The molecule has 5 rings (SSSR count). The Labute approximate surface area is 213 Å². The van der Waals surface area contributed by atoms with Crippen LogP contribution in [0.2, 0.25) is 0 Å². The Balaban J connectivity index is 1.54. The van der Waals surface area contributed by atoms with Gasteiger partial charge in [-0.05, 0) is 42.0 Å². The third-order valence-corrected chi connectivity index (χ3v) is 6.67. The van der Waals surface area contributed by atoms with Gasteiger partial charge in [0.25, 0.3) is 0 Å². The molecule has 1 N–H and O–H groups in total. The molecule has 1 unspecified atom stereocenters. The number of hydrogen-bond donors (Lipinski definition) is 1. The number of nitrogens with zero attached hydrogens (tertiary/aromatic N) is 4. The number of methoxy groups -OCH3 is 1. The number of hydrogen-bond acceptors (Lipinski definition) is 6. The molecule has 2 aromatic heterocycles. The summed E-state index contributed by atoms with van der Waals surface area (Å²) in [6.45, 7) is 0. The summed E-state index contributed by atoms with van der Waals surface area (Å²) in [5, 5.41) is 12.0. The smallest absolute Gasteiger partial charge is 0.242 e. The maximum absolute atomic E-state index is 13.6. The highest BCUT2D eigenvalue weighted by Gasteiger charge is 2.27. The summed E-state index contributed by atoms with van der Waals surface area (Å²) in [6, 6.07) is 30.6. The van der Waals surface area contributed by atoms with Gasteiger partial charge in [0.1, 0.15) is 11.0 Å². The van der Waals surface area contributed by atoms with E-state index in [1.165, 1.54) is 11.8 Å². The lowest BCUT2D eigenvalue weighted by Gasteiger charge is -2.18. The van der Waals surface area contributed by atoms with Gasteiger partial charge in [0.05, 0.1) is 7.11 Å². The normalized spacial score (nSPS) is 11.6. The molecule has 0 fully saturated rings. The largest absolute Gasteiger partial charge is 0.497 e. The van der Waals surface area contributed by atoms with Gasteiger partial charge in [-0.15, -0.1) is 10.2 Å². The van der Waals surface area contributed by atoms with Crippen LogP contribution in [-0.2, 0) is 4.79 Å². The van der Waals surface area contributed by atoms with Crippen molar-refractivity contribution in [1.82, 2.24) is 19.7 Å². The molecule has 0 aliphatic heterocycles. The molecule has 0 aliphatic rings. The maximum atomic E-state index is 13.6. The summed E-state index contributed by atoms with van der Waals surface area (Å²) < 4.78 is 7.26. The molecular formula is C28H23N5O2S. The Morgan fingerprint density at radius 2 is 1.69 bits per heavy atom. The van der Waals surface area contributed by atoms with E-state index in [0.29, 0.717) is 22.4 Å². The minimum Gasteiger partial charge on any atom is -0.497 e. The zero-order valence-electron chi connectivity index (χ0n) is 19.5. The second-order valence-corrected chi connectivity index (χ2v) is 8.92. The lowest BCUT2D eigenvalue weighted by Crippen LogP contribution is -2.19. The van der Waals surface area contributed by atoms with Crippen molar-refractivity contribution in [2.45, 2.75) is 10.4 Å². The number of rotatable bonds is 8. The number of benzene rings is 3. The molecule has 36 heavy (non-hydrogen) atoms. The third kappa shape index (κ3) is 5.13. The quantitative estimate of drug-likeness (QED) is 0.275. The highest BCUT2D eigenvalue weighted by atomic mass is 32.2. The molecule has 1 amide bonds. The van der Waals surface area contributed by atoms with Gasteiger partial charge >= 0.3 is 0 Å². The summed E-state index contributed by atoms with van der Waals surface area (Å²) in [5.41, 5.74) is 3.23. The number of pyridine rings is 1. The number of carbonyl (C=O) groups excluding carboxylic acids is 1. The lowest BCUT2D eigenvalue weighted by atomic mass is 10.1. The van der Waals surface area contributed by atoms with Crippen LogP contribution < -0.4 is 10.1 Å². The molecule has 2 heterocycles. The zero-order chi connectivity index (χ0) is 24.7. The second-order valence-electron chi connectivity index (χ2n) is 7.85. The van der Waals surface area contributed by atoms with E-state index in [2.05, 4.69) is 20.5 Å². The highest BCUT2D eigenvalue weighted by Crippen LogP contribution is 2.38. The molecule has 0 spiro atoms. The molecule has 3 aromatic carbocycles. The molecule has 178 valence electrons. The number of thioether (sulfide) groups is 1. The summed E-state index contributed by atoms with van der Waals surface area (Å²) >= 11 is 1.34. The molecule has 0 aliphatic carbocycles. The number of para-hydroxylation sites is 1. The van der Waals surface area contributed by atoms with Gasteiger partial charge < -0.3 is 10.1 Å². The van der Waals surface area contributed by atoms with Crippen molar-refractivity contribution < 1.29 is 9.53 Å². The lowest BCUT2D eigenvalue weighted by molar-refractivity contribution is -0.115. The van der Waals surface area contributed by atoms with Crippen molar-refractivity contribution in [1.29, 1.82) is 0 Å². The van der Waals surface area contributed by atoms with Gasteiger partial charge in [-0.25, -0.2) is 0 Å². The van der Waals surface area contributed by atoms with Crippen LogP contribution >= 0.6 is 11.8 Å². The van der Waals surface area contributed by atoms with E-state index in [4.69, 9.17) is 4.74 Å². The molecule has 0 bridgehead atoms. The van der Waals surface area contributed by atoms with Gasteiger partial charge in [-0.3, -0.25) is 14.3 Å². The fourth-order valence-electron chi connectivity index (χ4n) is 3.75. The second kappa shape index (κ2) is 10.9. The molecule has 0 radical (unpaired) electrons. The first-order chi connectivity index (χ1) is 17.7. The van der Waals surface area contributed by atoms with Crippen LogP contribution in [0.1, 0.15) is 10.8 Å². The Bertz CT molecular complexity index is 1440. The zero-order valence-corrected chi connectivity index (χ0v) is 20.3. The van der Waals surface area contributed by atoms with Gasteiger partial charge in [-0.1, -0.05) is 66.4 Å². The van der Waals surface area contributed by atoms with Crippen molar-refractivity contribution in [2.75, 3.05) is 12.4 Å². The molecular weight excluding hydrogens is 470 g/mol. The van der Waals surface area contributed by atoms with E-state index in [1.54, 1.807) is 25.6 Å². The number of nitrogens with one attached hydrogen (secondary N) is 1. The van der Waals surface area contributed by atoms with Crippen molar-refractivity contribution >= 4 is 23.4 Å². The predicted molar refractivity (Wildman–Crippen MR) is 141 cm³/mol. The maximum Gasteiger partial charge on any atom is 0.242 e. The molecule has 8 heteroatoms. The average Bonchev–Trinajstić information content (AvgIpc) is 3.37. The van der Waals surface area contributed by atoms with E-state index in [-0.39, 0.29) is 5.91 Å². The van der Waals surface area contributed by atoms with Gasteiger partial charge in [0.15, 0.2) is 11.0 Å². The summed E-state index contributed by atoms with van der Waals surface area (Å²) in [5.74, 6) is 1.14. The van der Waals surface area contributed by atoms with Crippen LogP contribution in [-0.4, -0.2) is 32.8 Å². The standard InChI is InChI=1S/C28H23N5O2S/c1-35-24-16-8-13-22(18-24)30-27(34)25(20-10-4-2-5-11-20)36-28-32-31-26(21-12-9-17-29-19-21)33(28)23-14-6-3-7-15-23/h2-19,25H,1H3,(H,30,34). The summed E-state index contributed by atoms with van der Waals surface area (Å²) in [4.78, 5) is 17.8. The Morgan fingerprint density at radius 1 is 0.917 bits per heavy atom. The van der Waals surface area contributed by atoms with Crippen molar-refractivity contribution in [3.63, 3.8) is 0 Å². The minimum atomic E-state index is -0.578. The SMILES string of the molecule is COc1cccc(NC(=O)C(Sc2nnc(-c3cccnc3)n2-c2ccccc2)c2ccccc2)c1. The molecule has 7 nitrogen and oxygen atoms in total. The first kappa shape index (κ1) is 23.3. The van der Waals surface area contributed by atoms with E-state index in [1.807, 2.05) is 95.6 Å². The number of amides is 1. The van der Waals surface area contributed by atoms with Crippen LogP contribution in [0.3, 0.4) is 0 Å². The number of carbonyl (C=O) groups is 1. The Hall–Kier alpha value is -4.43. The fraction of sp³-hybridized carbons (Fsp3) is 0.0714.